The van der Waals surface area contributed by atoms with Crippen LogP contribution >= 0.6 is 15.9 Å². The smallest absolute Gasteiger partial charge is 0.124 e. The Hall–Kier alpha value is -1.19. The molecule has 0 amide bonds. The van der Waals surface area contributed by atoms with E-state index in [0.717, 1.165) is 16.5 Å². The molecule has 0 saturated carbocycles. The van der Waals surface area contributed by atoms with Gasteiger partial charge in [-0.3, -0.25) is 0 Å². The average molecular weight is 350 g/mol. The zero-order valence-corrected chi connectivity index (χ0v) is 14.2. The Balaban J connectivity index is 2.18. The minimum absolute atomic E-state index is 0.157. The molecule has 0 heterocycles. The summed E-state index contributed by atoms with van der Waals surface area (Å²) in [5.74, 6) is 0.326. The average Bonchev–Trinajstić information content (AvgIpc) is 2.46. The Morgan fingerprint density at radius 3 is 2.29 bits per heavy atom. The molecule has 1 atom stereocenters. The van der Waals surface area contributed by atoms with Crippen molar-refractivity contribution in [3.05, 3.63) is 69.4 Å². The SMILES string of the molecule is CNC(Cc1ccc(C(C)C)cc1)c1ccc(F)cc1Br. The highest BCUT2D eigenvalue weighted by atomic mass is 79.9. The van der Waals surface area contributed by atoms with E-state index in [4.69, 9.17) is 0 Å². The van der Waals surface area contributed by atoms with Gasteiger partial charge in [0.15, 0.2) is 0 Å². The summed E-state index contributed by atoms with van der Waals surface area (Å²) in [6.07, 6.45) is 0.874. The first-order chi connectivity index (χ1) is 10.0. The van der Waals surface area contributed by atoms with Gasteiger partial charge < -0.3 is 5.32 Å². The molecule has 1 unspecified atom stereocenters. The Morgan fingerprint density at radius 1 is 1.10 bits per heavy atom. The minimum atomic E-state index is -0.221. The summed E-state index contributed by atoms with van der Waals surface area (Å²) in [6, 6.07) is 13.7. The summed E-state index contributed by atoms with van der Waals surface area (Å²) in [7, 11) is 1.93. The molecule has 0 aliphatic rings. The molecule has 112 valence electrons. The number of likely N-dealkylation sites (N-methyl/N-ethyl adjacent to an activating group) is 1. The molecule has 0 aliphatic carbocycles. The summed E-state index contributed by atoms with van der Waals surface area (Å²) in [5.41, 5.74) is 3.70. The highest BCUT2D eigenvalue weighted by Crippen LogP contribution is 2.27. The lowest BCUT2D eigenvalue weighted by molar-refractivity contribution is 0.583. The largest absolute Gasteiger partial charge is 0.313 e. The van der Waals surface area contributed by atoms with Crippen molar-refractivity contribution in [1.29, 1.82) is 0 Å². The van der Waals surface area contributed by atoms with Gasteiger partial charge in [-0.25, -0.2) is 4.39 Å². The molecule has 1 nitrogen and oxygen atoms in total. The summed E-state index contributed by atoms with van der Waals surface area (Å²) in [5, 5.41) is 3.31. The third-order valence-corrected chi connectivity index (χ3v) is 4.46. The Bertz CT molecular complexity index is 593. The number of benzene rings is 2. The third kappa shape index (κ3) is 4.14. The van der Waals surface area contributed by atoms with Gasteiger partial charge in [0, 0.05) is 10.5 Å². The van der Waals surface area contributed by atoms with Crippen LogP contribution in [0, 0.1) is 5.82 Å². The van der Waals surface area contributed by atoms with E-state index in [9.17, 15) is 4.39 Å². The van der Waals surface area contributed by atoms with Crippen molar-refractivity contribution in [3.8, 4) is 0 Å². The topological polar surface area (TPSA) is 12.0 Å². The van der Waals surface area contributed by atoms with E-state index in [-0.39, 0.29) is 11.9 Å². The molecule has 1 N–H and O–H groups in total. The quantitative estimate of drug-likeness (QED) is 0.780. The zero-order valence-electron chi connectivity index (χ0n) is 12.7. The summed E-state index contributed by atoms with van der Waals surface area (Å²) in [4.78, 5) is 0. The van der Waals surface area contributed by atoms with E-state index in [1.54, 1.807) is 0 Å². The van der Waals surface area contributed by atoms with Gasteiger partial charge >= 0.3 is 0 Å². The van der Waals surface area contributed by atoms with E-state index >= 15 is 0 Å². The van der Waals surface area contributed by atoms with Crippen LogP contribution in [0.1, 0.15) is 42.5 Å². The van der Waals surface area contributed by atoms with Crippen molar-refractivity contribution in [2.75, 3.05) is 7.05 Å². The molecule has 0 aromatic heterocycles. The third-order valence-electron chi connectivity index (χ3n) is 3.77. The lowest BCUT2D eigenvalue weighted by atomic mass is 9.96. The van der Waals surface area contributed by atoms with Crippen LogP contribution < -0.4 is 5.32 Å². The van der Waals surface area contributed by atoms with Gasteiger partial charge in [0.25, 0.3) is 0 Å². The van der Waals surface area contributed by atoms with Gasteiger partial charge in [-0.15, -0.1) is 0 Å². The van der Waals surface area contributed by atoms with Crippen molar-refractivity contribution in [2.24, 2.45) is 0 Å². The van der Waals surface area contributed by atoms with Gasteiger partial charge in [-0.2, -0.15) is 0 Å². The van der Waals surface area contributed by atoms with Crippen molar-refractivity contribution in [1.82, 2.24) is 5.32 Å². The van der Waals surface area contributed by atoms with Crippen LogP contribution in [-0.4, -0.2) is 7.05 Å². The van der Waals surface area contributed by atoms with Gasteiger partial charge in [0.1, 0.15) is 5.82 Å². The van der Waals surface area contributed by atoms with Crippen LogP contribution in [-0.2, 0) is 6.42 Å². The maximum atomic E-state index is 13.2. The lowest BCUT2D eigenvalue weighted by Crippen LogP contribution is -2.19. The normalized spacial score (nSPS) is 12.7. The monoisotopic (exact) mass is 349 g/mol. The van der Waals surface area contributed by atoms with Crippen LogP contribution in [0.2, 0.25) is 0 Å². The lowest BCUT2D eigenvalue weighted by Gasteiger charge is -2.19. The molecule has 0 fully saturated rings. The maximum absolute atomic E-state index is 13.2. The predicted octanol–water partition coefficient (Wildman–Crippen LogP) is 5.21. The number of halogens is 2. The fraction of sp³-hybridized carbons (Fsp3) is 0.333. The van der Waals surface area contributed by atoms with E-state index in [0.29, 0.717) is 5.92 Å². The second kappa shape index (κ2) is 7.19. The first-order valence-corrected chi connectivity index (χ1v) is 8.01. The molecule has 3 heteroatoms. The van der Waals surface area contributed by atoms with E-state index in [2.05, 4.69) is 59.4 Å². The van der Waals surface area contributed by atoms with Crippen molar-refractivity contribution < 1.29 is 4.39 Å². The summed E-state index contributed by atoms with van der Waals surface area (Å²) in [6.45, 7) is 4.39. The van der Waals surface area contributed by atoms with Gasteiger partial charge in [0.2, 0.25) is 0 Å². The Kier molecular flexibility index (Phi) is 5.54. The molecule has 0 bridgehead atoms. The molecule has 0 saturated heterocycles. The first-order valence-electron chi connectivity index (χ1n) is 7.22. The standard InChI is InChI=1S/C18H21BrFN/c1-12(2)14-6-4-13(5-7-14)10-18(21-3)16-9-8-15(20)11-17(16)19/h4-9,11-12,18,21H,10H2,1-3H3. The van der Waals surface area contributed by atoms with E-state index in [1.165, 1.54) is 23.3 Å². The molecule has 2 rings (SSSR count). The van der Waals surface area contributed by atoms with Gasteiger partial charge in [0.05, 0.1) is 0 Å². The highest BCUT2D eigenvalue weighted by Gasteiger charge is 2.14. The number of hydrogen-bond acceptors (Lipinski definition) is 1. The highest BCUT2D eigenvalue weighted by molar-refractivity contribution is 9.10. The Labute approximate surface area is 134 Å². The van der Waals surface area contributed by atoms with Gasteiger partial charge in [-0.05, 0) is 48.2 Å². The molecular weight excluding hydrogens is 329 g/mol. The van der Waals surface area contributed by atoms with Crippen LogP contribution in [0.15, 0.2) is 46.9 Å². The second-order valence-electron chi connectivity index (χ2n) is 5.61. The molecule has 0 radical (unpaired) electrons. The Morgan fingerprint density at radius 2 is 1.76 bits per heavy atom. The first kappa shape index (κ1) is 16.2. The molecule has 21 heavy (non-hydrogen) atoms. The van der Waals surface area contributed by atoms with E-state index in [1.807, 2.05) is 13.1 Å². The van der Waals surface area contributed by atoms with Crippen LogP contribution in [0.3, 0.4) is 0 Å². The molecule has 0 aliphatic heterocycles. The number of hydrogen-bond donors (Lipinski definition) is 1. The van der Waals surface area contributed by atoms with Crippen molar-refractivity contribution in [2.45, 2.75) is 32.2 Å². The van der Waals surface area contributed by atoms with Crippen molar-refractivity contribution in [3.63, 3.8) is 0 Å². The van der Waals surface area contributed by atoms with Crippen LogP contribution in [0.25, 0.3) is 0 Å². The zero-order chi connectivity index (χ0) is 15.4. The van der Waals surface area contributed by atoms with Crippen LogP contribution in [0.4, 0.5) is 4.39 Å². The predicted molar refractivity (Wildman–Crippen MR) is 90.1 cm³/mol. The second-order valence-corrected chi connectivity index (χ2v) is 6.46. The van der Waals surface area contributed by atoms with Crippen molar-refractivity contribution >= 4 is 15.9 Å². The maximum Gasteiger partial charge on any atom is 0.124 e. The summed E-state index contributed by atoms with van der Waals surface area (Å²) >= 11 is 3.45. The molecule has 2 aromatic rings. The molecule has 2 aromatic carbocycles. The number of nitrogens with one attached hydrogen (secondary N) is 1. The fourth-order valence-corrected chi connectivity index (χ4v) is 3.05. The van der Waals surface area contributed by atoms with Gasteiger partial charge in [-0.1, -0.05) is 60.1 Å². The fourth-order valence-electron chi connectivity index (χ4n) is 2.43. The minimum Gasteiger partial charge on any atom is -0.313 e. The van der Waals surface area contributed by atoms with E-state index < -0.39 is 0 Å². The molecular formula is C18H21BrFN. The molecule has 0 spiro atoms. The summed E-state index contributed by atoms with van der Waals surface area (Å²) < 4.78 is 14.0. The van der Waals surface area contributed by atoms with Crippen LogP contribution in [0.5, 0.6) is 0 Å². The number of rotatable bonds is 5.